The van der Waals surface area contributed by atoms with Gasteiger partial charge >= 0.3 is 0 Å². The van der Waals surface area contributed by atoms with Crippen molar-refractivity contribution < 1.29 is 13.9 Å². The summed E-state index contributed by atoms with van der Waals surface area (Å²) in [6, 6.07) is 10.5. The van der Waals surface area contributed by atoms with E-state index in [1.807, 2.05) is 25.1 Å². The number of aryl methyl sites for hydroxylation is 2. The van der Waals surface area contributed by atoms with Crippen LogP contribution in [0.1, 0.15) is 27.0 Å². The molecular formula is C21H28FIN4O2. The predicted octanol–water partition coefficient (Wildman–Crippen LogP) is 3.16. The topological polar surface area (TPSA) is 74.8 Å². The van der Waals surface area contributed by atoms with Crippen LogP contribution in [0.5, 0.6) is 5.75 Å². The second-order valence-electron chi connectivity index (χ2n) is 6.39. The number of carbonyl (C=O) groups excluding carboxylic acids is 1. The molecule has 0 spiro atoms. The lowest BCUT2D eigenvalue weighted by Gasteiger charge is -2.14. The third-order valence-corrected chi connectivity index (χ3v) is 4.25. The Labute approximate surface area is 188 Å². The molecule has 2 rings (SSSR count). The number of rotatable bonds is 7. The van der Waals surface area contributed by atoms with Gasteiger partial charge in [-0.05, 0) is 43.2 Å². The zero-order valence-corrected chi connectivity index (χ0v) is 19.5. The van der Waals surface area contributed by atoms with Crippen molar-refractivity contribution in [2.45, 2.75) is 20.4 Å². The summed E-state index contributed by atoms with van der Waals surface area (Å²) in [5, 5.41) is 9.09. The van der Waals surface area contributed by atoms with Crippen LogP contribution in [0, 0.1) is 19.7 Å². The predicted molar refractivity (Wildman–Crippen MR) is 125 cm³/mol. The minimum absolute atomic E-state index is 0. The molecule has 6 nitrogen and oxygen atoms in total. The van der Waals surface area contributed by atoms with Crippen LogP contribution < -0.4 is 20.7 Å². The quantitative estimate of drug-likeness (QED) is 0.230. The monoisotopic (exact) mass is 514 g/mol. The Balaban J connectivity index is 0.00000420. The van der Waals surface area contributed by atoms with E-state index in [1.165, 1.54) is 6.07 Å². The van der Waals surface area contributed by atoms with Crippen LogP contribution in [-0.4, -0.2) is 39.1 Å². The van der Waals surface area contributed by atoms with Crippen LogP contribution in [-0.2, 0) is 6.54 Å². The summed E-state index contributed by atoms with van der Waals surface area (Å²) in [6.45, 7) is 5.08. The van der Waals surface area contributed by atoms with E-state index in [4.69, 9.17) is 4.74 Å². The molecule has 2 aromatic rings. The lowest BCUT2D eigenvalue weighted by atomic mass is 10.1. The van der Waals surface area contributed by atoms with Gasteiger partial charge in [-0.25, -0.2) is 4.39 Å². The molecule has 29 heavy (non-hydrogen) atoms. The van der Waals surface area contributed by atoms with Gasteiger partial charge < -0.3 is 20.7 Å². The second kappa shape index (κ2) is 12.3. The molecule has 8 heteroatoms. The number of hydrogen-bond acceptors (Lipinski definition) is 3. The number of nitrogens with zero attached hydrogens (tertiary/aromatic N) is 1. The van der Waals surface area contributed by atoms with Crippen molar-refractivity contribution in [3.05, 3.63) is 64.5 Å². The molecule has 0 saturated heterocycles. The van der Waals surface area contributed by atoms with E-state index in [-0.39, 0.29) is 35.7 Å². The van der Waals surface area contributed by atoms with Crippen molar-refractivity contribution in [1.82, 2.24) is 16.0 Å². The Hall–Kier alpha value is -2.36. The molecule has 0 aliphatic rings. The van der Waals surface area contributed by atoms with Gasteiger partial charge in [-0.3, -0.25) is 9.79 Å². The first-order valence-electron chi connectivity index (χ1n) is 9.07. The number of guanidine groups is 1. The maximum atomic E-state index is 13.6. The Bertz CT molecular complexity index is 859. The molecule has 0 bridgehead atoms. The van der Waals surface area contributed by atoms with Crippen molar-refractivity contribution >= 4 is 35.8 Å². The van der Waals surface area contributed by atoms with E-state index in [0.717, 1.165) is 16.9 Å². The molecule has 0 fully saturated rings. The van der Waals surface area contributed by atoms with Crippen molar-refractivity contribution in [2.75, 3.05) is 27.2 Å². The van der Waals surface area contributed by atoms with Crippen LogP contribution in [0.4, 0.5) is 4.39 Å². The number of benzene rings is 2. The largest absolute Gasteiger partial charge is 0.496 e. The van der Waals surface area contributed by atoms with E-state index in [9.17, 15) is 9.18 Å². The highest BCUT2D eigenvalue weighted by molar-refractivity contribution is 14.0. The van der Waals surface area contributed by atoms with Gasteiger partial charge in [0.2, 0.25) is 0 Å². The van der Waals surface area contributed by atoms with Crippen molar-refractivity contribution in [3.63, 3.8) is 0 Å². The van der Waals surface area contributed by atoms with Crippen LogP contribution in [0.3, 0.4) is 0 Å². The number of methoxy groups -OCH3 is 1. The third kappa shape index (κ3) is 7.52. The lowest BCUT2D eigenvalue weighted by molar-refractivity contribution is 0.0954. The first-order valence-corrected chi connectivity index (χ1v) is 9.07. The van der Waals surface area contributed by atoms with Gasteiger partial charge in [-0.2, -0.15) is 0 Å². The molecule has 0 aromatic heterocycles. The number of amides is 1. The maximum Gasteiger partial charge on any atom is 0.251 e. The third-order valence-electron chi connectivity index (χ3n) is 4.25. The minimum atomic E-state index is -0.387. The van der Waals surface area contributed by atoms with Gasteiger partial charge in [0.05, 0.1) is 7.11 Å². The molecule has 1 amide bonds. The molecule has 0 unspecified atom stereocenters. The van der Waals surface area contributed by atoms with E-state index >= 15 is 0 Å². The van der Waals surface area contributed by atoms with Gasteiger partial charge in [-0.15, -0.1) is 24.0 Å². The normalized spacial score (nSPS) is 10.7. The maximum absolute atomic E-state index is 13.6. The van der Waals surface area contributed by atoms with E-state index in [1.54, 1.807) is 33.2 Å². The Kier molecular flexibility index (Phi) is 10.4. The fourth-order valence-electron chi connectivity index (χ4n) is 2.59. The van der Waals surface area contributed by atoms with Crippen LogP contribution in [0.25, 0.3) is 0 Å². The molecule has 2 aromatic carbocycles. The standard InChI is InChI=1S/C21H27FN4O2.HI/c1-14-5-7-17(19(11-14)28-4)13-26-21(23-3)25-10-9-24-20(27)16-8-6-15(2)18(22)12-16;/h5-8,11-12H,9-10,13H2,1-4H3,(H,24,27)(H2,23,25,26);1H. The summed E-state index contributed by atoms with van der Waals surface area (Å²) in [4.78, 5) is 16.2. The molecule has 158 valence electrons. The Morgan fingerprint density at radius 1 is 1.07 bits per heavy atom. The average Bonchev–Trinajstić information content (AvgIpc) is 2.69. The average molecular weight is 514 g/mol. The van der Waals surface area contributed by atoms with Crippen LogP contribution in [0.15, 0.2) is 41.4 Å². The summed E-state index contributed by atoms with van der Waals surface area (Å²) in [5.41, 5.74) is 2.97. The van der Waals surface area contributed by atoms with Gasteiger partial charge in [0.25, 0.3) is 5.91 Å². The van der Waals surface area contributed by atoms with Crippen LogP contribution in [0.2, 0.25) is 0 Å². The summed E-state index contributed by atoms with van der Waals surface area (Å²) in [6.07, 6.45) is 0. The molecule has 0 radical (unpaired) electrons. The van der Waals surface area contributed by atoms with E-state index < -0.39 is 0 Å². The first-order chi connectivity index (χ1) is 13.4. The zero-order chi connectivity index (χ0) is 20.5. The number of aliphatic imine (C=N–C) groups is 1. The Morgan fingerprint density at radius 3 is 2.45 bits per heavy atom. The molecular weight excluding hydrogens is 486 g/mol. The molecule has 0 atom stereocenters. The molecule has 0 heterocycles. The smallest absolute Gasteiger partial charge is 0.251 e. The highest BCUT2D eigenvalue weighted by Crippen LogP contribution is 2.19. The minimum Gasteiger partial charge on any atom is -0.496 e. The number of carbonyl (C=O) groups is 1. The van der Waals surface area contributed by atoms with Gasteiger partial charge in [0.15, 0.2) is 5.96 Å². The number of ether oxygens (including phenoxy) is 1. The zero-order valence-electron chi connectivity index (χ0n) is 17.1. The number of hydrogen-bond donors (Lipinski definition) is 3. The lowest BCUT2D eigenvalue weighted by Crippen LogP contribution is -2.41. The van der Waals surface area contributed by atoms with E-state index in [0.29, 0.717) is 36.7 Å². The highest BCUT2D eigenvalue weighted by atomic mass is 127. The number of halogens is 2. The van der Waals surface area contributed by atoms with Crippen molar-refractivity contribution in [2.24, 2.45) is 4.99 Å². The number of nitrogens with one attached hydrogen (secondary N) is 3. The molecule has 0 aliphatic heterocycles. The second-order valence-corrected chi connectivity index (χ2v) is 6.39. The summed E-state index contributed by atoms with van der Waals surface area (Å²) in [5.74, 6) is 0.730. The summed E-state index contributed by atoms with van der Waals surface area (Å²) >= 11 is 0. The fraction of sp³-hybridized carbons (Fsp3) is 0.333. The van der Waals surface area contributed by atoms with E-state index in [2.05, 4.69) is 20.9 Å². The van der Waals surface area contributed by atoms with Gasteiger partial charge in [-0.1, -0.05) is 18.2 Å². The van der Waals surface area contributed by atoms with Crippen molar-refractivity contribution in [3.8, 4) is 5.75 Å². The SMILES string of the molecule is CN=C(NCCNC(=O)c1ccc(C)c(F)c1)NCc1ccc(C)cc1OC.I. The van der Waals surface area contributed by atoms with Crippen LogP contribution >= 0.6 is 24.0 Å². The summed E-state index contributed by atoms with van der Waals surface area (Å²) in [7, 11) is 3.32. The van der Waals surface area contributed by atoms with Gasteiger partial charge in [0.1, 0.15) is 11.6 Å². The molecule has 3 N–H and O–H groups in total. The first kappa shape index (κ1) is 24.7. The summed E-state index contributed by atoms with van der Waals surface area (Å²) < 4.78 is 19.0. The molecule has 0 aliphatic carbocycles. The molecule has 0 saturated carbocycles. The highest BCUT2D eigenvalue weighted by Gasteiger charge is 2.08. The Morgan fingerprint density at radius 2 is 1.79 bits per heavy atom. The fourth-order valence-corrected chi connectivity index (χ4v) is 2.59. The van der Waals surface area contributed by atoms with Gasteiger partial charge in [0, 0.05) is 37.8 Å². The van der Waals surface area contributed by atoms with Crippen molar-refractivity contribution in [1.29, 1.82) is 0 Å².